The Bertz CT molecular complexity index is 172. The third kappa shape index (κ3) is 4.24. The molecular weight excluding hydrogens is 170 g/mol. The second kappa shape index (κ2) is 5.19. The van der Waals surface area contributed by atoms with Crippen molar-refractivity contribution in [3.8, 4) is 0 Å². The van der Waals surface area contributed by atoms with Crippen LogP contribution in [0, 0.1) is 5.92 Å². The molecule has 0 aromatic carbocycles. The molecular formula is C9H17NO3. The van der Waals surface area contributed by atoms with Crippen LogP contribution in [0.15, 0.2) is 0 Å². The van der Waals surface area contributed by atoms with Gasteiger partial charge in [-0.15, -0.1) is 0 Å². The summed E-state index contributed by atoms with van der Waals surface area (Å²) in [6, 6.07) is 0. The average Bonchev–Trinajstić information content (AvgIpc) is 2.45. The summed E-state index contributed by atoms with van der Waals surface area (Å²) in [5.41, 5.74) is 0. The molecule has 0 unspecified atom stereocenters. The van der Waals surface area contributed by atoms with E-state index in [9.17, 15) is 4.79 Å². The van der Waals surface area contributed by atoms with Crippen LogP contribution in [0.2, 0.25) is 0 Å². The van der Waals surface area contributed by atoms with Gasteiger partial charge in [0.15, 0.2) is 0 Å². The fourth-order valence-corrected chi connectivity index (χ4v) is 1.57. The van der Waals surface area contributed by atoms with Gasteiger partial charge in [-0.3, -0.25) is 4.79 Å². The summed E-state index contributed by atoms with van der Waals surface area (Å²) in [5, 5.41) is 8.36. The van der Waals surface area contributed by atoms with Gasteiger partial charge in [0.2, 0.25) is 0 Å². The predicted octanol–water partition coefficient (Wildman–Crippen LogP) is 0.429. The highest BCUT2D eigenvalue weighted by Gasteiger charge is 2.19. The molecule has 1 aliphatic rings. The van der Waals surface area contributed by atoms with Gasteiger partial charge in [0.05, 0.1) is 19.6 Å². The molecule has 4 nitrogen and oxygen atoms in total. The average molecular weight is 187 g/mol. The fourth-order valence-electron chi connectivity index (χ4n) is 1.57. The number of nitrogens with zero attached hydrogens (tertiary/aromatic N) is 1. The summed E-state index contributed by atoms with van der Waals surface area (Å²) in [7, 11) is 2.09. The summed E-state index contributed by atoms with van der Waals surface area (Å²) in [6.07, 6.45) is 1.28. The number of aliphatic carboxylic acids is 1. The standard InChI is InChI=1S/C9H17NO3/c1-10-4-2-8(6-10)7-13-5-3-9(11)12/h8H,2-7H2,1H3,(H,11,12)/t8-/m1/s1. The van der Waals surface area contributed by atoms with Crippen LogP contribution in [0.3, 0.4) is 0 Å². The lowest BCUT2D eigenvalue weighted by Crippen LogP contribution is -2.17. The van der Waals surface area contributed by atoms with Crippen molar-refractivity contribution in [1.82, 2.24) is 4.90 Å². The van der Waals surface area contributed by atoms with Crippen LogP contribution in [0.25, 0.3) is 0 Å². The summed E-state index contributed by atoms with van der Waals surface area (Å²) < 4.78 is 5.27. The summed E-state index contributed by atoms with van der Waals surface area (Å²) in [4.78, 5) is 12.4. The first-order valence-corrected chi connectivity index (χ1v) is 4.66. The van der Waals surface area contributed by atoms with Crippen molar-refractivity contribution in [1.29, 1.82) is 0 Å². The highest BCUT2D eigenvalue weighted by atomic mass is 16.5. The Hall–Kier alpha value is -0.610. The Labute approximate surface area is 78.5 Å². The summed E-state index contributed by atoms with van der Waals surface area (Å²) in [6.45, 7) is 3.26. The minimum atomic E-state index is -0.788. The second-order valence-electron chi connectivity index (χ2n) is 3.64. The zero-order valence-electron chi connectivity index (χ0n) is 8.03. The van der Waals surface area contributed by atoms with E-state index in [4.69, 9.17) is 9.84 Å². The molecule has 4 heteroatoms. The molecule has 13 heavy (non-hydrogen) atoms. The Kier molecular flexibility index (Phi) is 4.18. The first-order valence-electron chi connectivity index (χ1n) is 4.66. The van der Waals surface area contributed by atoms with Gasteiger partial charge in [-0.2, -0.15) is 0 Å². The predicted molar refractivity (Wildman–Crippen MR) is 48.7 cm³/mol. The molecule has 1 rings (SSSR count). The zero-order valence-corrected chi connectivity index (χ0v) is 8.03. The summed E-state index contributed by atoms with van der Waals surface area (Å²) >= 11 is 0. The molecule has 0 aromatic heterocycles. The quantitative estimate of drug-likeness (QED) is 0.634. The minimum absolute atomic E-state index is 0.114. The largest absolute Gasteiger partial charge is 0.481 e. The van der Waals surface area contributed by atoms with E-state index in [-0.39, 0.29) is 6.42 Å². The Morgan fingerprint density at radius 3 is 3.00 bits per heavy atom. The van der Waals surface area contributed by atoms with Crippen LogP contribution in [0.1, 0.15) is 12.8 Å². The lowest BCUT2D eigenvalue weighted by Gasteiger charge is -2.10. The van der Waals surface area contributed by atoms with Gasteiger partial charge < -0.3 is 14.7 Å². The number of likely N-dealkylation sites (tertiary alicyclic amines) is 1. The second-order valence-corrected chi connectivity index (χ2v) is 3.64. The van der Waals surface area contributed by atoms with Crippen LogP contribution in [0.4, 0.5) is 0 Å². The maximum atomic E-state index is 10.2. The van der Waals surface area contributed by atoms with Crippen molar-refractivity contribution in [3.05, 3.63) is 0 Å². The van der Waals surface area contributed by atoms with E-state index in [1.54, 1.807) is 0 Å². The first-order chi connectivity index (χ1) is 6.18. The van der Waals surface area contributed by atoms with Gasteiger partial charge >= 0.3 is 5.97 Å². The molecule has 0 spiro atoms. The molecule has 0 aromatic rings. The molecule has 0 radical (unpaired) electrons. The third-order valence-electron chi connectivity index (χ3n) is 2.30. The number of rotatable bonds is 5. The van der Waals surface area contributed by atoms with Crippen LogP contribution in [-0.4, -0.2) is 49.3 Å². The van der Waals surface area contributed by atoms with Crippen LogP contribution in [-0.2, 0) is 9.53 Å². The zero-order chi connectivity index (χ0) is 9.68. The van der Waals surface area contributed by atoms with E-state index in [1.807, 2.05) is 0 Å². The third-order valence-corrected chi connectivity index (χ3v) is 2.30. The first kappa shape index (κ1) is 10.5. The van der Waals surface area contributed by atoms with E-state index < -0.39 is 5.97 Å². The highest BCUT2D eigenvalue weighted by molar-refractivity contribution is 5.66. The molecule has 1 aliphatic heterocycles. The van der Waals surface area contributed by atoms with E-state index in [0.29, 0.717) is 19.1 Å². The Morgan fingerprint density at radius 2 is 2.46 bits per heavy atom. The fraction of sp³-hybridized carbons (Fsp3) is 0.889. The minimum Gasteiger partial charge on any atom is -0.481 e. The highest BCUT2D eigenvalue weighted by Crippen LogP contribution is 2.14. The van der Waals surface area contributed by atoms with E-state index in [0.717, 1.165) is 13.1 Å². The molecule has 1 heterocycles. The monoisotopic (exact) mass is 187 g/mol. The summed E-state index contributed by atoms with van der Waals surface area (Å²) in [5.74, 6) is -0.192. The normalized spacial score (nSPS) is 23.6. The van der Waals surface area contributed by atoms with Crippen LogP contribution >= 0.6 is 0 Å². The molecule has 0 amide bonds. The van der Waals surface area contributed by atoms with Gasteiger partial charge in [-0.1, -0.05) is 0 Å². The molecule has 1 atom stereocenters. The molecule has 0 bridgehead atoms. The molecule has 1 fully saturated rings. The van der Waals surface area contributed by atoms with Crippen molar-refractivity contribution in [2.24, 2.45) is 5.92 Å². The van der Waals surface area contributed by atoms with Gasteiger partial charge in [0.1, 0.15) is 0 Å². The smallest absolute Gasteiger partial charge is 0.305 e. The number of carboxylic acids is 1. The SMILES string of the molecule is CN1CC[C@@H](COCCC(=O)O)C1. The van der Waals surface area contributed by atoms with Gasteiger partial charge in [-0.05, 0) is 25.9 Å². The lowest BCUT2D eigenvalue weighted by atomic mass is 10.1. The van der Waals surface area contributed by atoms with E-state index in [2.05, 4.69) is 11.9 Å². The van der Waals surface area contributed by atoms with Gasteiger partial charge in [0.25, 0.3) is 0 Å². The molecule has 0 aliphatic carbocycles. The maximum Gasteiger partial charge on any atom is 0.305 e. The number of carboxylic acid groups (broad SMARTS) is 1. The Morgan fingerprint density at radius 1 is 1.69 bits per heavy atom. The Balaban J connectivity index is 1.97. The van der Waals surface area contributed by atoms with Crippen LogP contribution in [0.5, 0.6) is 0 Å². The van der Waals surface area contributed by atoms with Crippen molar-refractivity contribution in [2.75, 3.05) is 33.4 Å². The lowest BCUT2D eigenvalue weighted by molar-refractivity contribution is -0.138. The van der Waals surface area contributed by atoms with Gasteiger partial charge in [-0.25, -0.2) is 0 Å². The number of hydrogen-bond donors (Lipinski definition) is 1. The molecule has 1 saturated heterocycles. The van der Waals surface area contributed by atoms with Crippen molar-refractivity contribution in [3.63, 3.8) is 0 Å². The number of carbonyl (C=O) groups is 1. The number of ether oxygens (including phenoxy) is 1. The number of hydrogen-bond acceptors (Lipinski definition) is 3. The maximum absolute atomic E-state index is 10.2. The van der Waals surface area contributed by atoms with Crippen molar-refractivity contribution < 1.29 is 14.6 Å². The van der Waals surface area contributed by atoms with E-state index in [1.165, 1.54) is 6.42 Å². The molecule has 1 N–H and O–H groups in total. The molecule has 76 valence electrons. The van der Waals surface area contributed by atoms with Gasteiger partial charge in [0, 0.05) is 6.54 Å². The molecule has 0 saturated carbocycles. The van der Waals surface area contributed by atoms with Crippen molar-refractivity contribution >= 4 is 5.97 Å². The van der Waals surface area contributed by atoms with E-state index >= 15 is 0 Å². The topological polar surface area (TPSA) is 49.8 Å². The van der Waals surface area contributed by atoms with Crippen LogP contribution < -0.4 is 0 Å². The van der Waals surface area contributed by atoms with Crippen molar-refractivity contribution in [2.45, 2.75) is 12.8 Å².